The average molecular weight is 883 g/mol. The highest BCUT2D eigenvalue weighted by Crippen LogP contribution is 2.39. The monoisotopic (exact) mass is 882 g/mol. The molecular weight excluding hydrogens is 821 g/mol. The Morgan fingerprint density at radius 1 is 0.415 bits per heavy atom. The van der Waals surface area contributed by atoms with Crippen molar-refractivity contribution in [3.8, 4) is 0 Å². The van der Waals surface area contributed by atoms with Crippen LogP contribution in [-0.2, 0) is 82.3 Å². The standard InChI is InChI=1S/C28H32O5.C27H30O5/c1-28(32-20-24-16-10-5-11-17-24)26(31-19-23-14-8-4-9-15-23)25(33-27(28)29-2)21-30-18-22-12-6-3-7-13-22;1-27(31-19-23-15-9-4-10-16-23)25(30-18-22-13-7-3-8-14-22)24(32-26(27)28)20-29-17-21-11-5-2-6-12-21/h3-17,25-27H,18-21H2,1-2H3;2-16,24-26,28H,17-20H2,1H3/t25-,26-,27?,28-;24-,25-,26?,27-/m11/s1. The molecule has 2 unspecified atom stereocenters. The second kappa shape index (κ2) is 24.4. The molecule has 0 spiro atoms. The Labute approximate surface area is 383 Å². The summed E-state index contributed by atoms with van der Waals surface area (Å²) in [7, 11) is 1.64. The molecule has 6 aromatic rings. The quantitative estimate of drug-likeness (QED) is 0.0752. The summed E-state index contributed by atoms with van der Waals surface area (Å²) in [5, 5.41) is 10.8. The van der Waals surface area contributed by atoms with Crippen molar-refractivity contribution in [1.29, 1.82) is 0 Å². The Balaban J connectivity index is 0.000000194. The summed E-state index contributed by atoms with van der Waals surface area (Å²) in [6.45, 7) is 7.09. The zero-order valence-electron chi connectivity index (χ0n) is 37.6. The molecule has 2 fully saturated rings. The van der Waals surface area contributed by atoms with Gasteiger partial charge in [-0.1, -0.05) is 182 Å². The molecule has 0 bridgehead atoms. The van der Waals surface area contributed by atoms with Crippen molar-refractivity contribution in [3.63, 3.8) is 0 Å². The Kier molecular flexibility index (Phi) is 18.0. The van der Waals surface area contributed by atoms with Gasteiger partial charge in [-0.25, -0.2) is 0 Å². The van der Waals surface area contributed by atoms with Gasteiger partial charge in [-0.05, 0) is 47.2 Å². The lowest BCUT2D eigenvalue weighted by Gasteiger charge is -2.34. The highest BCUT2D eigenvalue weighted by atomic mass is 16.7. The third kappa shape index (κ3) is 13.5. The van der Waals surface area contributed by atoms with Gasteiger partial charge >= 0.3 is 0 Å². The van der Waals surface area contributed by atoms with Gasteiger partial charge in [-0.3, -0.25) is 0 Å². The van der Waals surface area contributed by atoms with Crippen molar-refractivity contribution in [2.75, 3.05) is 20.3 Å². The maximum atomic E-state index is 10.8. The molecule has 1 N–H and O–H groups in total. The number of benzene rings is 6. The van der Waals surface area contributed by atoms with Crippen LogP contribution in [0.2, 0.25) is 0 Å². The van der Waals surface area contributed by atoms with Crippen LogP contribution in [0.3, 0.4) is 0 Å². The van der Waals surface area contributed by atoms with Crippen LogP contribution >= 0.6 is 0 Å². The molecular formula is C55H62O10. The Hall–Kier alpha value is -5.08. The first-order chi connectivity index (χ1) is 31.8. The van der Waals surface area contributed by atoms with Crippen molar-refractivity contribution in [3.05, 3.63) is 215 Å². The molecule has 342 valence electrons. The van der Waals surface area contributed by atoms with Gasteiger partial charge in [0.15, 0.2) is 12.6 Å². The number of hydrogen-bond acceptors (Lipinski definition) is 10. The van der Waals surface area contributed by atoms with Crippen LogP contribution in [0.5, 0.6) is 0 Å². The number of aliphatic hydroxyl groups excluding tert-OH is 1. The van der Waals surface area contributed by atoms with Gasteiger partial charge < -0.3 is 47.7 Å². The zero-order valence-corrected chi connectivity index (χ0v) is 37.6. The first-order valence-electron chi connectivity index (χ1n) is 22.3. The van der Waals surface area contributed by atoms with Crippen molar-refractivity contribution < 1.29 is 47.7 Å². The third-order valence-electron chi connectivity index (χ3n) is 11.7. The lowest BCUT2D eigenvalue weighted by atomic mass is 9.96. The first kappa shape index (κ1) is 47.9. The fourth-order valence-corrected chi connectivity index (χ4v) is 8.02. The summed E-state index contributed by atoms with van der Waals surface area (Å²) in [4.78, 5) is 0. The molecule has 2 aliphatic rings. The van der Waals surface area contributed by atoms with Crippen molar-refractivity contribution in [2.45, 2.75) is 102 Å². The smallest absolute Gasteiger partial charge is 0.189 e. The molecule has 10 nitrogen and oxygen atoms in total. The van der Waals surface area contributed by atoms with Crippen LogP contribution in [0.1, 0.15) is 47.2 Å². The van der Waals surface area contributed by atoms with Crippen LogP contribution in [0.4, 0.5) is 0 Å². The molecule has 2 aliphatic heterocycles. The summed E-state index contributed by atoms with van der Waals surface area (Å²) < 4.78 is 55.2. The maximum Gasteiger partial charge on any atom is 0.189 e. The molecule has 0 radical (unpaired) electrons. The van der Waals surface area contributed by atoms with Crippen molar-refractivity contribution in [2.24, 2.45) is 0 Å². The van der Waals surface area contributed by atoms with Crippen LogP contribution in [-0.4, -0.2) is 73.6 Å². The van der Waals surface area contributed by atoms with Gasteiger partial charge in [0.2, 0.25) is 0 Å². The fraction of sp³-hybridized carbons (Fsp3) is 0.345. The number of methoxy groups -OCH3 is 1. The third-order valence-corrected chi connectivity index (χ3v) is 11.7. The van der Waals surface area contributed by atoms with E-state index in [9.17, 15) is 5.11 Å². The largest absolute Gasteiger partial charge is 0.374 e. The summed E-state index contributed by atoms with van der Waals surface area (Å²) >= 11 is 0. The van der Waals surface area contributed by atoms with E-state index in [0.717, 1.165) is 33.4 Å². The van der Waals surface area contributed by atoms with Gasteiger partial charge in [-0.2, -0.15) is 0 Å². The molecule has 0 aromatic heterocycles. The Morgan fingerprint density at radius 3 is 1.09 bits per heavy atom. The molecule has 65 heavy (non-hydrogen) atoms. The van der Waals surface area contributed by atoms with E-state index in [0.29, 0.717) is 46.2 Å². The van der Waals surface area contributed by atoms with Crippen LogP contribution < -0.4 is 0 Å². The second-order valence-electron chi connectivity index (χ2n) is 16.6. The molecule has 2 heterocycles. The molecule has 6 aromatic carbocycles. The SMILES string of the molecule is COC1O[C@H](COCc2ccccc2)[C@@H](OCc2ccccc2)[C@@]1(C)OCc1ccccc1.C[C@]1(OCc2ccccc2)C(O)O[C@H](COCc2ccccc2)[C@H]1OCc1ccccc1. The Bertz CT molecular complexity index is 2200. The van der Waals surface area contributed by atoms with E-state index in [4.69, 9.17) is 42.6 Å². The van der Waals surface area contributed by atoms with Gasteiger partial charge in [-0.15, -0.1) is 0 Å². The van der Waals surface area contributed by atoms with Gasteiger partial charge in [0.25, 0.3) is 0 Å². The van der Waals surface area contributed by atoms with Crippen LogP contribution in [0, 0.1) is 0 Å². The second-order valence-corrected chi connectivity index (χ2v) is 16.6. The van der Waals surface area contributed by atoms with E-state index in [1.165, 1.54) is 0 Å². The normalized spacial score (nSPS) is 24.9. The van der Waals surface area contributed by atoms with Gasteiger partial charge in [0.1, 0.15) is 35.6 Å². The fourth-order valence-electron chi connectivity index (χ4n) is 8.02. The molecule has 0 amide bonds. The van der Waals surface area contributed by atoms with Crippen LogP contribution in [0.25, 0.3) is 0 Å². The van der Waals surface area contributed by atoms with E-state index < -0.39 is 36.0 Å². The van der Waals surface area contributed by atoms with Crippen molar-refractivity contribution >= 4 is 0 Å². The van der Waals surface area contributed by atoms with Gasteiger partial charge in [0, 0.05) is 7.11 Å². The summed E-state index contributed by atoms with van der Waals surface area (Å²) in [6.07, 6.45) is -3.37. The van der Waals surface area contributed by atoms with Crippen LogP contribution in [0.15, 0.2) is 182 Å². The van der Waals surface area contributed by atoms with E-state index in [1.54, 1.807) is 7.11 Å². The van der Waals surface area contributed by atoms with Crippen molar-refractivity contribution in [1.82, 2.24) is 0 Å². The minimum atomic E-state index is -1.13. The minimum absolute atomic E-state index is 0.287. The minimum Gasteiger partial charge on any atom is -0.374 e. The predicted octanol–water partition coefficient (Wildman–Crippen LogP) is 9.62. The number of aliphatic hydroxyl groups is 1. The average Bonchev–Trinajstić information content (AvgIpc) is 3.77. The summed E-state index contributed by atoms with van der Waals surface area (Å²) in [5.74, 6) is 0. The van der Waals surface area contributed by atoms with E-state index in [-0.39, 0.29) is 18.8 Å². The molecule has 10 heteroatoms. The van der Waals surface area contributed by atoms with E-state index in [2.05, 4.69) is 0 Å². The number of hydrogen-bond donors (Lipinski definition) is 1. The lowest BCUT2D eigenvalue weighted by molar-refractivity contribution is -0.216. The number of rotatable bonds is 21. The molecule has 8 atom stereocenters. The predicted molar refractivity (Wildman–Crippen MR) is 248 cm³/mol. The zero-order chi connectivity index (χ0) is 45.2. The Morgan fingerprint density at radius 2 is 0.723 bits per heavy atom. The first-order valence-corrected chi connectivity index (χ1v) is 22.3. The summed E-state index contributed by atoms with van der Waals surface area (Å²) in [5.41, 5.74) is 4.59. The molecule has 8 rings (SSSR count). The number of ether oxygens (including phenoxy) is 9. The van der Waals surface area contributed by atoms with Gasteiger partial charge in [0.05, 0.1) is 52.9 Å². The highest BCUT2D eigenvalue weighted by molar-refractivity contribution is 5.18. The highest BCUT2D eigenvalue weighted by Gasteiger charge is 2.57. The van der Waals surface area contributed by atoms with E-state index >= 15 is 0 Å². The molecule has 0 saturated carbocycles. The summed E-state index contributed by atoms with van der Waals surface area (Å²) in [6, 6.07) is 60.1. The molecule has 0 aliphatic carbocycles. The maximum absolute atomic E-state index is 10.8. The topological polar surface area (TPSA) is 103 Å². The lowest BCUT2D eigenvalue weighted by Crippen LogP contribution is -2.50. The molecule has 2 saturated heterocycles. The van der Waals surface area contributed by atoms with E-state index in [1.807, 2.05) is 196 Å².